The van der Waals surface area contributed by atoms with Crippen molar-refractivity contribution in [2.45, 2.75) is 50.5 Å². The zero-order valence-corrected chi connectivity index (χ0v) is 14.9. The average Bonchev–Trinajstić information content (AvgIpc) is 2.55. The fourth-order valence-electron chi connectivity index (χ4n) is 2.83. The Morgan fingerprint density at radius 1 is 1.26 bits per heavy atom. The van der Waals surface area contributed by atoms with E-state index < -0.39 is 0 Å². The molecule has 0 aliphatic heterocycles. The van der Waals surface area contributed by atoms with Crippen molar-refractivity contribution in [3.05, 3.63) is 41.5 Å². The van der Waals surface area contributed by atoms with Crippen LogP contribution in [0.15, 0.2) is 40.8 Å². The molecule has 1 fully saturated rings. The Kier molecular flexibility index (Phi) is 7.18. The van der Waals surface area contributed by atoms with E-state index in [0.717, 1.165) is 41.9 Å². The second-order valence-corrected chi connectivity index (χ2v) is 7.52. The molecule has 0 aromatic heterocycles. The van der Waals surface area contributed by atoms with Gasteiger partial charge >= 0.3 is 0 Å². The molecule has 0 unspecified atom stereocenters. The van der Waals surface area contributed by atoms with Crippen LogP contribution in [-0.4, -0.2) is 29.4 Å². The van der Waals surface area contributed by atoms with E-state index in [-0.39, 0.29) is 18.6 Å². The first kappa shape index (κ1) is 18.1. The van der Waals surface area contributed by atoms with Crippen LogP contribution in [0.3, 0.4) is 0 Å². The number of aliphatic hydroxyl groups excluding tert-OH is 1. The number of hydrogen-bond donors (Lipinski definition) is 2. The van der Waals surface area contributed by atoms with Gasteiger partial charge in [0.2, 0.25) is 0 Å². The van der Waals surface area contributed by atoms with Gasteiger partial charge in [0.25, 0.3) is 5.91 Å². The number of benzene rings is 1. The molecule has 1 aliphatic rings. The molecule has 0 saturated heterocycles. The summed E-state index contributed by atoms with van der Waals surface area (Å²) in [5, 5.41) is 12.4. The minimum Gasteiger partial charge on any atom is -0.396 e. The fraction of sp³-hybridized carbons (Fsp3) is 0.526. The van der Waals surface area contributed by atoms with E-state index in [9.17, 15) is 9.90 Å². The van der Waals surface area contributed by atoms with Crippen molar-refractivity contribution in [3.8, 4) is 0 Å². The number of allylic oxidation sites excluding steroid dienone is 1. The lowest BCUT2D eigenvalue weighted by molar-refractivity contribution is 0.0911. The predicted molar refractivity (Wildman–Crippen MR) is 96.9 cm³/mol. The van der Waals surface area contributed by atoms with Gasteiger partial charge < -0.3 is 10.4 Å². The minimum atomic E-state index is 0.0257. The Morgan fingerprint density at radius 2 is 1.96 bits per heavy atom. The number of amides is 1. The van der Waals surface area contributed by atoms with Crippen molar-refractivity contribution < 1.29 is 9.90 Å². The van der Waals surface area contributed by atoms with Crippen LogP contribution in [-0.2, 0) is 0 Å². The first-order valence-electron chi connectivity index (χ1n) is 8.37. The van der Waals surface area contributed by atoms with Crippen LogP contribution in [0.1, 0.15) is 49.9 Å². The highest BCUT2D eigenvalue weighted by Crippen LogP contribution is 2.26. The van der Waals surface area contributed by atoms with Crippen LogP contribution in [0.4, 0.5) is 0 Å². The number of carbonyl (C=O) groups is 1. The zero-order chi connectivity index (χ0) is 16.7. The first-order valence-corrected chi connectivity index (χ1v) is 9.35. The molecule has 1 aliphatic carbocycles. The van der Waals surface area contributed by atoms with E-state index >= 15 is 0 Å². The third-order valence-corrected chi connectivity index (χ3v) is 5.30. The van der Waals surface area contributed by atoms with Crippen molar-refractivity contribution in [1.82, 2.24) is 5.32 Å². The maximum absolute atomic E-state index is 12.6. The molecular weight excluding hydrogens is 306 g/mol. The molecule has 3 nitrogen and oxygen atoms in total. The van der Waals surface area contributed by atoms with E-state index in [0.29, 0.717) is 5.92 Å². The molecule has 0 heterocycles. The summed E-state index contributed by atoms with van der Waals surface area (Å²) in [6.45, 7) is 4.44. The topological polar surface area (TPSA) is 49.3 Å². The standard InChI is InChI=1S/C19H27NO2S/c1-14(2)11-12-23-18-6-4-3-5-17(18)19(22)20-16-9-7-15(13-21)8-10-16/h3-6,11,15-16,21H,7-10,12-13H2,1-2H3,(H,20,22). The Hall–Kier alpha value is -1.26. The first-order chi connectivity index (χ1) is 11.1. The molecule has 0 atom stereocenters. The maximum atomic E-state index is 12.6. The van der Waals surface area contributed by atoms with E-state index in [1.807, 2.05) is 24.3 Å². The summed E-state index contributed by atoms with van der Waals surface area (Å²) in [5.74, 6) is 1.32. The van der Waals surface area contributed by atoms with Crippen LogP contribution in [0.25, 0.3) is 0 Å². The van der Waals surface area contributed by atoms with Gasteiger partial charge in [0.1, 0.15) is 0 Å². The number of hydrogen-bond acceptors (Lipinski definition) is 3. The molecule has 1 amide bonds. The van der Waals surface area contributed by atoms with Gasteiger partial charge in [0, 0.05) is 23.3 Å². The number of carbonyl (C=O) groups excluding carboxylic acids is 1. The minimum absolute atomic E-state index is 0.0257. The van der Waals surface area contributed by atoms with Crippen molar-refractivity contribution in [2.75, 3.05) is 12.4 Å². The summed E-state index contributed by atoms with van der Waals surface area (Å²) in [5.41, 5.74) is 2.06. The Labute approximate surface area is 143 Å². The molecule has 2 N–H and O–H groups in total. The van der Waals surface area contributed by atoms with Gasteiger partial charge in [-0.3, -0.25) is 4.79 Å². The quantitative estimate of drug-likeness (QED) is 0.610. The monoisotopic (exact) mass is 333 g/mol. The largest absolute Gasteiger partial charge is 0.396 e. The van der Waals surface area contributed by atoms with Gasteiger partial charge in [-0.25, -0.2) is 0 Å². The lowest BCUT2D eigenvalue weighted by Crippen LogP contribution is -2.38. The van der Waals surface area contributed by atoms with Crippen molar-refractivity contribution in [3.63, 3.8) is 0 Å². The summed E-state index contributed by atoms with van der Waals surface area (Å²) < 4.78 is 0. The molecule has 0 bridgehead atoms. The maximum Gasteiger partial charge on any atom is 0.252 e. The third kappa shape index (κ3) is 5.70. The molecule has 126 valence electrons. The SMILES string of the molecule is CC(C)=CCSc1ccccc1C(=O)NC1CCC(CO)CC1. The van der Waals surface area contributed by atoms with Gasteiger partial charge in [-0.05, 0) is 57.6 Å². The van der Waals surface area contributed by atoms with Crippen LogP contribution in [0.5, 0.6) is 0 Å². The van der Waals surface area contributed by atoms with E-state index in [1.165, 1.54) is 5.57 Å². The smallest absolute Gasteiger partial charge is 0.252 e. The van der Waals surface area contributed by atoms with E-state index in [4.69, 9.17) is 0 Å². The van der Waals surface area contributed by atoms with Crippen LogP contribution >= 0.6 is 11.8 Å². The highest BCUT2D eigenvalue weighted by molar-refractivity contribution is 7.99. The third-order valence-electron chi connectivity index (χ3n) is 4.30. The van der Waals surface area contributed by atoms with Gasteiger partial charge in [0.15, 0.2) is 0 Å². The molecule has 23 heavy (non-hydrogen) atoms. The summed E-state index contributed by atoms with van der Waals surface area (Å²) in [7, 11) is 0. The molecule has 1 aromatic rings. The van der Waals surface area contributed by atoms with Gasteiger partial charge in [0.05, 0.1) is 5.56 Å². The van der Waals surface area contributed by atoms with Gasteiger partial charge in [-0.1, -0.05) is 23.8 Å². The number of aliphatic hydroxyl groups is 1. The lowest BCUT2D eigenvalue weighted by atomic mass is 9.86. The van der Waals surface area contributed by atoms with Crippen molar-refractivity contribution >= 4 is 17.7 Å². The number of nitrogens with one attached hydrogen (secondary N) is 1. The number of rotatable bonds is 6. The Balaban J connectivity index is 1.95. The zero-order valence-electron chi connectivity index (χ0n) is 14.0. The summed E-state index contributed by atoms with van der Waals surface area (Å²) in [6.07, 6.45) is 6.10. The average molecular weight is 333 g/mol. The lowest BCUT2D eigenvalue weighted by Gasteiger charge is -2.28. The predicted octanol–water partition coefficient (Wildman–Crippen LogP) is 4.03. The van der Waals surface area contributed by atoms with Gasteiger partial charge in [-0.15, -0.1) is 11.8 Å². The Morgan fingerprint density at radius 3 is 2.61 bits per heavy atom. The molecule has 4 heteroatoms. The van der Waals surface area contributed by atoms with Crippen LogP contribution in [0, 0.1) is 5.92 Å². The summed E-state index contributed by atoms with van der Waals surface area (Å²) >= 11 is 1.70. The second kappa shape index (κ2) is 9.14. The van der Waals surface area contributed by atoms with Gasteiger partial charge in [-0.2, -0.15) is 0 Å². The van der Waals surface area contributed by atoms with Crippen LogP contribution in [0.2, 0.25) is 0 Å². The molecular formula is C19H27NO2S. The summed E-state index contributed by atoms with van der Waals surface area (Å²) in [6, 6.07) is 8.05. The molecule has 1 aromatic carbocycles. The van der Waals surface area contributed by atoms with Crippen molar-refractivity contribution in [1.29, 1.82) is 0 Å². The van der Waals surface area contributed by atoms with E-state index in [1.54, 1.807) is 11.8 Å². The highest BCUT2D eigenvalue weighted by Gasteiger charge is 2.23. The van der Waals surface area contributed by atoms with Crippen LogP contribution < -0.4 is 5.32 Å². The van der Waals surface area contributed by atoms with Crippen molar-refractivity contribution in [2.24, 2.45) is 5.92 Å². The fourth-order valence-corrected chi connectivity index (χ4v) is 3.92. The second-order valence-electron chi connectivity index (χ2n) is 6.46. The molecule has 2 rings (SSSR count). The van der Waals surface area contributed by atoms with E-state index in [2.05, 4.69) is 25.2 Å². The molecule has 1 saturated carbocycles. The molecule has 0 spiro atoms. The number of thioether (sulfide) groups is 1. The normalized spacial score (nSPS) is 20.8. The highest BCUT2D eigenvalue weighted by atomic mass is 32.2. The Bertz CT molecular complexity index is 544. The molecule has 0 radical (unpaired) electrons. The summed E-state index contributed by atoms with van der Waals surface area (Å²) in [4.78, 5) is 13.6.